The molecule has 0 saturated carbocycles. The van der Waals surface area contributed by atoms with Crippen LogP contribution in [0.4, 0.5) is 0 Å². The first kappa shape index (κ1) is 22.9. The van der Waals surface area contributed by atoms with Gasteiger partial charge in [0.25, 0.3) is 0 Å². The van der Waals surface area contributed by atoms with Gasteiger partial charge in [0.2, 0.25) is 0 Å². The normalized spacial score (nSPS) is 11.8. The molecular weight excluding hydrogens is 486 g/mol. The van der Waals surface area contributed by atoms with Gasteiger partial charge < -0.3 is 8.98 Å². The molecule has 6 aromatic carbocycles. The molecule has 0 aliphatic heterocycles. The van der Waals surface area contributed by atoms with Crippen molar-refractivity contribution in [2.75, 3.05) is 0 Å². The van der Waals surface area contributed by atoms with E-state index in [4.69, 9.17) is 4.42 Å². The van der Waals surface area contributed by atoms with Gasteiger partial charge in [-0.3, -0.25) is 0 Å². The smallest absolute Gasteiger partial charge is 0.143 e. The quantitative estimate of drug-likeness (QED) is 0.230. The molecule has 0 radical (unpaired) electrons. The zero-order valence-electron chi connectivity index (χ0n) is 22.5. The van der Waals surface area contributed by atoms with Gasteiger partial charge in [-0.15, -0.1) is 0 Å². The highest BCUT2D eigenvalue weighted by Gasteiger charge is 2.14. The molecule has 2 heterocycles. The number of aromatic nitrogens is 1. The van der Waals surface area contributed by atoms with Gasteiger partial charge in [-0.25, -0.2) is 0 Å². The van der Waals surface area contributed by atoms with Crippen molar-refractivity contribution in [1.29, 1.82) is 0 Å². The van der Waals surface area contributed by atoms with E-state index >= 15 is 0 Å². The highest BCUT2D eigenvalue weighted by Crippen LogP contribution is 2.37. The lowest BCUT2D eigenvalue weighted by molar-refractivity contribution is 0.670. The number of hydrogen-bond donors (Lipinski definition) is 0. The topological polar surface area (TPSA) is 18.1 Å². The maximum absolute atomic E-state index is 6.27. The third-order valence-corrected chi connectivity index (χ3v) is 8.14. The van der Waals surface area contributed by atoms with Crippen LogP contribution in [0.25, 0.3) is 71.7 Å². The highest BCUT2D eigenvalue weighted by molar-refractivity contribution is 6.10. The molecule has 190 valence electrons. The van der Waals surface area contributed by atoms with Crippen LogP contribution in [0.15, 0.2) is 132 Å². The van der Waals surface area contributed by atoms with Gasteiger partial charge in [0.1, 0.15) is 11.2 Å². The number of hydrogen-bond acceptors (Lipinski definition) is 1. The molecule has 0 saturated heterocycles. The van der Waals surface area contributed by atoms with E-state index in [1.807, 2.05) is 12.1 Å². The molecule has 8 aromatic rings. The molecule has 0 spiro atoms. The van der Waals surface area contributed by atoms with E-state index in [0.717, 1.165) is 33.1 Å². The minimum atomic E-state index is 0.926. The fourth-order valence-electron chi connectivity index (χ4n) is 6.15. The molecule has 0 unspecified atom stereocenters. The minimum absolute atomic E-state index is 0.926. The third-order valence-electron chi connectivity index (χ3n) is 8.14. The molecule has 8 rings (SSSR count). The summed E-state index contributed by atoms with van der Waals surface area (Å²) in [5, 5.41) is 4.92. The monoisotopic (exact) mass is 513 g/mol. The highest BCUT2D eigenvalue weighted by atomic mass is 16.3. The molecule has 0 fully saturated rings. The minimum Gasteiger partial charge on any atom is -0.455 e. The largest absolute Gasteiger partial charge is 0.455 e. The Bertz CT molecular complexity index is 2150. The van der Waals surface area contributed by atoms with E-state index < -0.39 is 0 Å². The number of benzene rings is 6. The summed E-state index contributed by atoms with van der Waals surface area (Å²) >= 11 is 0. The summed E-state index contributed by atoms with van der Waals surface area (Å²) < 4.78 is 8.65. The standard InChI is InChI=1S/C38H27NO/c1-24-10-20-35-33(22-24)34-23-25(2)11-21-36(34)39(35)29-18-16-27(17-19-29)26-12-14-28(15-13-26)30-7-5-8-32-31-6-3-4-9-37(31)40-38(30)32/h3-23H,1-2H3. The summed E-state index contributed by atoms with van der Waals surface area (Å²) in [6.07, 6.45) is 0. The van der Waals surface area contributed by atoms with E-state index in [9.17, 15) is 0 Å². The fraction of sp³-hybridized carbons (Fsp3) is 0.0526. The maximum atomic E-state index is 6.27. The van der Waals surface area contributed by atoms with Crippen molar-refractivity contribution in [3.05, 3.63) is 139 Å². The second kappa shape index (κ2) is 8.72. The van der Waals surface area contributed by atoms with Gasteiger partial charge in [-0.05, 0) is 73.0 Å². The van der Waals surface area contributed by atoms with Crippen molar-refractivity contribution in [1.82, 2.24) is 4.57 Å². The van der Waals surface area contributed by atoms with Gasteiger partial charge in [-0.2, -0.15) is 0 Å². The van der Waals surface area contributed by atoms with Crippen LogP contribution in [0.5, 0.6) is 0 Å². The van der Waals surface area contributed by atoms with Gasteiger partial charge in [0.15, 0.2) is 0 Å². The fourth-order valence-corrected chi connectivity index (χ4v) is 6.15. The molecule has 0 bridgehead atoms. The van der Waals surface area contributed by atoms with Crippen molar-refractivity contribution in [3.8, 4) is 27.9 Å². The van der Waals surface area contributed by atoms with Gasteiger partial charge in [-0.1, -0.05) is 96.1 Å². The summed E-state index contributed by atoms with van der Waals surface area (Å²) in [6.45, 7) is 4.32. The van der Waals surface area contributed by atoms with E-state index in [1.165, 1.54) is 49.7 Å². The van der Waals surface area contributed by atoms with E-state index in [2.05, 4.69) is 134 Å². The first-order chi connectivity index (χ1) is 19.6. The van der Waals surface area contributed by atoms with Crippen molar-refractivity contribution in [2.45, 2.75) is 13.8 Å². The van der Waals surface area contributed by atoms with Crippen LogP contribution in [-0.4, -0.2) is 4.57 Å². The summed E-state index contributed by atoms with van der Waals surface area (Å²) in [6, 6.07) is 45.9. The molecule has 2 heteroatoms. The van der Waals surface area contributed by atoms with Crippen LogP contribution < -0.4 is 0 Å². The second-order valence-corrected chi connectivity index (χ2v) is 10.8. The predicted octanol–water partition coefficient (Wildman–Crippen LogP) is 10.6. The van der Waals surface area contributed by atoms with Crippen molar-refractivity contribution >= 4 is 43.7 Å². The lowest BCUT2D eigenvalue weighted by Gasteiger charge is -2.10. The Morgan fingerprint density at radius 3 is 1.73 bits per heavy atom. The zero-order valence-corrected chi connectivity index (χ0v) is 22.5. The summed E-state index contributed by atoms with van der Waals surface area (Å²) in [5.74, 6) is 0. The Hall–Kier alpha value is -5.08. The summed E-state index contributed by atoms with van der Waals surface area (Å²) in [7, 11) is 0. The summed E-state index contributed by atoms with van der Waals surface area (Å²) in [4.78, 5) is 0. The van der Waals surface area contributed by atoms with Gasteiger partial charge in [0, 0.05) is 32.8 Å². The molecule has 40 heavy (non-hydrogen) atoms. The predicted molar refractivity (Wildman–Crippen MR) is 168 cm³/mol. The van der Waals surface area contributed by atoms with E-state index in [-0.39, 0.29) is 0 Å². The van der Waals surface area contributed by atoms with Gasteiger partial charge in [0.05, 0.1) is 11.0 Å². The zero-order chi connectivity index (χ0) is 26.8. The Kier molecular flexibility index (Phi) is 4.99. The molecular formula is C38H27NO. The lowest BCUT2D eigenvalue weighted by Crippen LogP contribution is -1.94. The molecule has 2 aromatic heterocycles. The number of aryl methyl sites for hydroxylation is 2. The molecule has 0 atom stereocenters. The van der Waals surface area contributed by atoms with Crippen molar-refractivity contribution < 1.29 is 4.42 Å². The average Bonchev–Trinajstić information content (AvgIpc) is 3.53. The average molecular weight is 514 g/mol. The number of fused-ring (bicyclic) bond motifs is 6. The number of rotatable bonds is 3. The third kappa shape index (κ3) is 3.50. The summed E-state index contributed by atoms with van der Waals surface area (Å²) in [5.41, 5.74) is 12.7. The lowest BCUT2D eigenvalue weighted by atomic mass is 9.98. The van der Waals surface area contributed by atoms with E-state index in [1.54, 1.807) is 0 Å². The van der Waals surface area contributed by atoms with Crippen LogP contribution in [0.3, 0.4) is 0 Å². The molecule has 0 aliphatic rings. The van der Waals surface area contributed by atoms with Crippen LogP contribution in [0.2, 0.25) is 0 Å². The van der Waals surface area contributed by atoms with Crippen molar-refractivity contribution in [2.24, 2.45) is 0 Å². The first-order valence-corrected chi connectivity index (χ1v) is 13.8. The van der Waals surface area contributed by atoms with E-state index in [0.29, 0.717) is 0 Å². The van der Waals surface area contributed by atoms with Crippen LogP contribution in [-0.2, 0) is 0 Å². The molecule has 0 amide bonds. The van der Waals surface area contributed by atoms with Crippen LogP contribution >= 0.6 is 0 Å². The molecule has 0 aliphatic carbocycles. The molecule has 2 nitrogen and oxygen atoms in total. The van der Waals surface area contributed by atoms with Gasteiger partial charge >= 0.3 is 0 Å². The SMILES string of the molecule is Cc1ccc2c(c1)c1cc(C)ccc1n2-c1ccc(-c2ccc(-c3cccc4c3oc3ccccc34)cc2)cc1. The van der Waals surface area contributed by atoms with Crippen molar-refractivity contribution in [3.63, 3.8) is 0 Å². The Balaban J connectivity index is 1.17. The number of para-hydroxylation sites is 2. The number of furan rings is 1. The molecule has 0 N–H and O–H groups in total. The maximum Gasteiger partial charge on any atom is 0.143 e. The first-order valence-electron chi connectivity index (χ1n) is 13.8. The number of nitrogens with zero attached hydrogens (tertiary/aromatic N) is 1. The Morgan fingerprint density at radius 2 is 1.05 bits per heavy atom. The van der Waals surface area contributed by atoms with Crippen LogP contribution in [0.1, 0.15) is 11.1 Å². The Morgan fingerprint density at radius 1 is 0.475 bits per heavy atom. The Labute approximate surface area is 232 Å². The second-order valence-electron chi connectivity index (χ2n) is 10.8. The van der Waals surface area contributed by atoms with Crippen LogP contribution in [0, 0.1) is 13.8 Å².